The summed E-state index contributed by atoms with van der Waals surface area (Å²) in [7, 11) is 6.44. The number of nitrogens with zero attached hydrogens (tertiary/aromatic N) is 1. The van der Waals surface area contributed by atoms with E-state index in [2.05, 4.69) is 0 Å². The molecular weight excluding hydrogens is 246 g/mol. The van der Waals surface area contributed by atoms with Crippen LogP contribution in [-0.4, -0.2) is 52.0 Å². The molecule has 0 saturated carbocycles. The van der Waals surface area contributed by atoms with Gasteiger partial charge in [0.2, 0.25) is 5.91 Å². The van der Waals surface area contributed by atoms with Crippen molar-refractivity contribution in [2.24, 2.45) is 0 Å². The van der Waals surface area contributed by atoms with E-state index in [9.17, 15) is 4.79 Å². The second-order valence-corrected chi connectivity index (χ2v) is 4.20. The normalized spacial score (nSPS) is 10.6. The van der Waals surface area contributed by atoms with E-state index in [1.807, 2.05) is 24.3 Å². The number of amides is 1. The van der Waals surface area contributed by atoms with Gasteiger partial charge in [-0.25, -0.2) is 0 Å². The Balaban J connectivity index is 2.58. The van der Waals surface area contributed by atoms with Crippen LogP contribution in [0.5, 0.6) is 5.75 Å². The highest BCUT2D eigenvalue weighted by Crippen LogP contribution is 2.13. The standard InChI is InChI=1S/C14H21NO4/c1-15(10-14(18-3)19-4)13(16)9-11-6-5-7-12(8-11)17-2/h5-8,14H,9-10H2,1-4H3. The minimum atomic E-state index is -0.403. The number of carbonyl (C=O) groups excluding carboxylic acids is 1. The zero-order chi connectivity index (χ0) is 14.3. The van der Waals surface area contributed by atoms with E-state index in [0.29, 0.717) is 13.0 Å². The van der Waals surface area contributed by atoms with Gasteiger partial charge in [-0.15, -0.1) is 0 Å². The molecule has 5 heteroatoms. The minimum absolute atomic E-state index is 0.00681. The maximum absolute atomic E-state index is 12.1. The number of likely N-dealkylation sites (N-methyl/N-ethyl adjacent to an activating group) is 1. The number of benzene rings is 1. The lowest BCUT2D eigenvalue weighted by Gasteiger charge is -2.22. The fraction of sp³-hybridized carbons (Fsp3) is 0.500. The summed E-state index contributed by atoms with van der Waals surface area (Å²) in [5.74, 6) is 0.756. The van der Waals surface area contributed by atoms with Gasteiger partial charge in [0.1, 0.15) is 5.75 Å². The molecule has 0 heterocycles. The predicted molar refractivity (Wildman–Crippen MR) is 72.1 cm³/mol. The van der Waals surface area contributed by atoms with Crippen LogP contribution >= 0.6 is 0 Å². The Hall–Kier alpha value is -1.59. The van der Waals surface area contributed by atoms with Gasteiger partial charge in [-0.05, 0) is 17.7 Å². The van der Waals surface area contributed by atoms with Gasteiger partial charge in [-0.1, -0.05) is 12.1 Å². The molecule has 0 saturated heterocycles. The van der Waals surface area contributed by atoms with Crippen molar-refractivity contribution in [3.8, 4) is 5.75 Å². The third kappa shape index (κ3) is 4.89. The first-order chi connectivity index (χ1) is 9.10. The third-order valence-corrected chi connectivity index (χ3v) is 2.86. The number of hydrogen-bond acceptors (Lipinski definition) is 4. The van der Waals surface area contributed by atoms with Crippen LogP contribution in [0.4, 0.5) is 0 Å². The molecule has 0 N–H and O–H groups in total. The summed E-state index contributed by atoms with van der Waals surface area (Å²) in [5.41, 5.74) is 0.919. The summed E-state index contributed by atoms with van der Waals surface area (Å²) in [4.78, 5) is 13.6. The molecule has 0 bridgehead atoms. The van der Waals surface area contributed by atoms with Gasteiger partial charge in [0.15, 0.2) is 6.29 Å². The van der Waals surface area contributed by atoms with Crippen LogP contribution in [0, 0.1) is 0 Å². The van der Waals surface area contributed by atoms with Crippen LogP contribution in [0.15, 0.2) is 24.3 Å². The fourth-order valence-electron chi connectivity index (χ4n) is 1.66. The van der Waals surface area contributed by atoms with Crippen molar-refractivity contribution in [1.82, 2.24) is 4.90 Å². The first kappa shape index (κ1) is 15.5. The molecule has 0 fully saturated rings. The van der Waals surface area contributed by atoms with Crippen molar-refractivity contribution >= 4 is 5.91 Å². The Labute approximate surface area is 114 Å². The Bertz CT molecular complexity index is 404. The van der Waals surface area contributed by atoms with Gasteiger partial charge in [0, 0.05) is 21.3 Å². The lowest BCUT2D eigenvalue weighted by atomic mass is 10.1. The zero-order valence-electron chi connectivity index (χ0n) is 11.9. The van der Waals surface area contributed by atoms with E-state index < -0.39 is 6.29 Å². The fourth-order valence-corrected chi connectivity index (χ4v) is 1.66. The van der Waals surface area contributed by atoms with Crippen molar-refractivity contribution in [3.05, 3.63) is 29.8 Å². The first-order valence-electron chi connectivity index (χ1n) is 6.03. The number of carbonyl (C=O) groups is 1. The Kier molecular flexibility index (Phi) is 6.32. The summed E-state index contributed by atoms with van der Waals surface area (Å²) >= 11 is 0. The summed E-state index contributed by atoms with van der Waals surface area (Å²) in [6.45, 7) is 0.399. The van der Waals surface area contributed by atoms with Crippen LogP contribution in [0.3, 0.4) is 0 Å². The van der Waals surface area contributed by atoms with Gasteiger partial charge in [0.05, 0.1) is 20.1 Å². The van der Waals surface area contributed by atoms with Crippen molar-refractivity contribution < 1.29 is 19.0 Å². The lowest BCUT2D eigenvalue weighted by Crippen LogP contribution is -2.36. The van der Waals surface area contributed by atoms with E-state index in [1.165, 1.54) is 0 Å². The molecule has 0 unspecified atom stereocenters. The van der Waals surface area contributed by atoms with E-state index in [1.54, 1.807) is 33.3 Å². The molecule has 0 spiro atoms. The molecule has 0 aliphatic heterocycles. The van der Waals surface area contributed by atoms with Gasteiger partial charge >= 0.3 is 0 Å². The largest absolute Gasteiger partial charge is 0.497 e. The number of rotatable bonds is 7. The van der Waals surface area contributed by atoms with E-state index in [0.717, 1.165) is 11.3 Å². The molecule has 106 valence electrons. The maximum Gasteiger partial charge on any atom is 0.226 e. The molecule has 0 radical (unpaired) electrons. The topological polar surface area (TPSA) is 48.0 Å². The summed E-state index contributed by atoms with van der Waals surface area (Å²) in [6, 6.07) is 7.48. The van der Waals surface area contributed by atoms with Gasteiger partial charge < -0.3 is 19.1 Å². The Morgan fingerprint density at radius 3 is 2.53 bits per heavy atom. The highest BCUT2D eigenvalue weighted by Gasteiger charge is 2.15. The van der Waals surface area contributed by atoms with Crippen LogP contribution in [0.1, 0.15) is 5.56 Å². The Morgan fingerprint density at radius 1 is 1.26 bits per heavy atom. The molecule has 1 aromatic rings. The average Bonchev–Trinajstić information content (AvgIpc) is 2.44. The van der Waals surface area contributed by atoms with Gasteiger partial charge in [-0.3, -0.25) is 4.79 Å². The highest BCUT2D eigenvalue weighted by atomic mass is 16.7. The number of hydrogen-bond donors (Lipinski definition) is 0. The summed E-state index contributed by atoms with van der Waals surface area (Å²) in [6.07, 6.45) is -0.0762. The van der Waals surface area contributed by atoms with Crippen molar-refractivity contribution in [1.29, 1.82) is 0 Å². The third-order valence-electron chi connectivity index (χ3n) is 2.86. The second kappa shape index (κ2) is 7.76. The molecule has 5 nitrogen and oxygen atoms in total. The molecule has 0 atom stereocenters. The molecule has 0 aromatic heterocycles. The molecule has 1 aromatic carbocycles. The van der Waals surface area contributed by atoms with Crippen LogP contribution in [0.25, 0.3) is 0 Å². The van der Waals surface area contributed by atoms with Crippen molar-refractivity contribution in [3.63, 3.8) is 0 Å². The van der Waals surface area contributed by atoms with Crippen LogP contribution in [0.2, 0.25) is 0 Å². The smallest absolute Gasteiger partial charge is 0.226 e. The SMILES string of the molecule is COc1cccc(CC(=O)N(C)CC(OC)OC)c1. The second-order valence-electron chi connectivity index (χ2n) is 4.20. The van der Waals surface area contributed by atoms with Gasteiger partial charge in [-0.2, -0.15) is 0 Å². The zero-order valence-corrected chi connectivity index (χ0v) is 11.9. The monoisotopic (exact) mass is 267 g/mol. The molecule has 19 heavy (non-hydrogen) atoms. The quantitative estimate of drug-likeness (QED) is 0.699. The average molecular weight is 267 g/mol. The summed E-state index contributed by atoms with van der Waals surface area (Å²) in [5, 5.41) is 0. The first-order valence-corrected chi connectivity index (χ1v) is 6.03. The van der Waals surface area contributed by atoms with Crippen molar-refractivity contribution in [2.45, 2.75) is 12.7 Å². The molecule has 1 amide bonds. The van der Waals surface area contributed by atoms with E-state index in [-0.39, 0.29) is 5.91 Å². The Morgan fingerprint density at radius 2 is 1.95 bits per heavy atom. The molecular formula is C14H21NO4. The highest BCUT2D eigenvalue weighted by molar-refractivity contribution is 5.78. The minimum Gasteiger partial charge on any atom is -0.497 e. The van der Waals surface area contributed by atoms with E-state index >= 15 is 0 Å². The summed E-state index contributed by atoms with van der Waals surface area (Å²) < 4.78 is 15.3. The van der Waals surface area contributed by atoms with Gasteiger partial charge in [0.25, 0.3) is 0 Å². The van der Waals surface area contributed by atoms with Crippen LogP contribution in [-0.2, 0) is 20.7 Å². The predicted octanol–water partition coefficient (Wildman–Crippen LogP) is 1.31. The maximum atomic E-state index is 12.1. The lowest BCUT2D eigenvalue weighted by molar-refractivity contribution is -0.142. The van der Waals surface area contributed by atoms with Crippen molar-refractivity contribution in [2.75, 3.05) is 34.9 Å². The molecule has 1 rings (SSSR count). The van der Waals surface area contributed by atoms with E-state index in [4.69, 9.17) is 14.2 Å². The van der Waals surface area contributed by atoms with Crippen LogP contribution < -0.4 is 4.74 Å². The number of methoxy groups -OCH3 is 3. The number of ether oxygens (including phenoxy) is 3. The molecule has 0 aliphatic carbocycles. The molecule has 0 aliphatic rings.